The minimum atomic E-state index is -0.469. The molecular weight excluding hydrogens is 197 g/mol. The summed E-state index contributed by atoms with van der Waals surface area (Å²) in [7, 11) is 0. The molecule has 84 valence electrons. The maximum atomic E-state index is 12.9. The summed E-state index contributed by atoms with van der Waals surface area (Å²) >= 11 is 0. The van der Waals surface area contributed by atoms with Gasteiger partial charge in [-0.05, 0) is 32.0 Å². The highest BCUT2D eigenvalue weighted by atomic mass is 19.1. The van der Waals surface area contributed by atoms with Crippen LogP contribution in [0.4, 0.5) is 4.39 Å². The van der Waals surface area contributed by atoms with Crippen LogP contribution in [0.5, 0.6) is 5.75 Å². The molecule has 0 aromatic heterocycles. The molecule has 0 aliphatic carbocycles. The third kappa shape index (κ3) is 3.49. The maximum Gasteiger partial charge on any atom is 0.123 e. The minimum absolute atomic E-state index is 0.0574. The number of aliphatic hydroxyl groups is 1. The number of rotatable bonds is 4. The number of hydrogen-bond donors (Lipinski definition) is 3. The van der Waals surface area contributed by atoms with Crippen molar-refractivity contribution in [3.05, 3.63) is 29.6 Å². The number of aromatic hydroxyl groups is 1. The first kappa shape index (κ1) is 11.9. The smallest absolute Gasteiger partial charge is 0.123 e. The number of phenolic OH excluding ortho intramolecular Hbond substituents is 1. The molecule has 0 saturated heterocycles. The van der Waals surface area contributed by atoms with Crippen LogP contribution in [-0.2, 0) is 0 Å². The van der Waals surface area contributed by atoms with Crippen LogP contribution in [0, 0.1) is 5.82 Å². The van der Waals surface area contributed by atoms with E-state index in [1.807, 2.05) is 0 Å². The summed E-state index contributed by atoms with van der Waals surface area (Å²) in [5.41, 5.74) is 0.496. The van der Waals surface area contributed by atoms with E-state index in [4.69, 9.17) is 5.11 Å². The highest BCUT2D eigenvalue weighted by Crippen LogP contribution is 2.24. The molecule has 1 rings (SSSR count). The second kappa shape index (κ2) is 5.09. The van der Waals surface area contributed by atoms with Crippen LogP contribution in [0.25, 0.3) is 0 Å². The number of hydrogen-bond acceptors (Lipinski definition) is 3. The first-order valence-electron chi connectivity index (χ1n) is 4.90. The van der Waals surface area contributed by atoms with Crippen LogP contribution < -0.4 is 5.32 Å². The summed E-state index contributed by atoms with van der Waals surface area (Å²) in [6, 6.07) is 3.62. The maximum absolute atomic E-state index is 12.9. The Morgan fingerprint density at radius 3 is 2.67 bits per heavy atom. The van der Waals surface area contributed by atoms with Crippen molar-refractivity contribution in [3.8, 4) is 5.75 Å². The second-order valence-electron chi connectivity index (χ2n) is 3.68. The van der Waals surface area contributed by atoms with Gasteiger partial charge in [0.05, 0.1) is 6.10 Å². The van der Waals surface area contributed by atoms with Gasteiger partial charge in [0.2, 0.25) is 0 Å². The molecular formula is C11H16FNO2. The number of aliphatic hydroxyl groups excluding tert-OH is 1. The molecule has 0 saturated carbocycles. The Bertz CT molecular complexity index is 328. The lowest BCUT2D eigenvalue weighted by molar-refractivity contribution is 0.187. The Morgan fingerprint density at radius 2 is 2.07 bits per heavy atom. The Hall–Kier alpha value is -1.13. The van der Waals surface area contributed by atoms with Crippen LogP contribution in [0.15, 0.2) is 18.2 Å². The summed E-state index contributed by atoms with van der Waals surface area (Å²) in [6.07, 6.45) is -0.469. The average Bonchev–Trinajstić information content (AvgIpc) is 2.18. The van der Waals surface area contributed by atoms with Gasteiger partial charge in [-0.3, -0.25) is 0 Å². The summed E-state index contributed by atoms with van der Waals surface area (Å²) in [6.45, 7) is 3.86. The van der Waals surface area contributed by atoms with Crippen molar-refractivity contribution in [3.63, 3.8) is 0 Å². The van der Waals surface area contributed by atoms with Crippen molar-refractivity contribution in [1.29, 1.82) is 0 Å². The molecule has 2 atom stereocenters. The summed E-state index contributed by atoms with van der Waals surface area (Å²) in [5, 5.41) is 21.6. The molecule has 0 amide bonds. The Labute approximate surface area is 88.6 Å². The van der Waals surface area contributed by atoms with Crippen molar-refractivity contribution in [1.82, 2.24) is 5.32 Å². The van der Waals surface area contributed by atoms with Crippen LogP contribution >= 0.6 is 0 Å². The fourth-order valence-electron chi connectivity index (χ4n) is 1.33. The van der Waals surface area contributed by atoms with E-state index >= 15 is 0 Å². The zero-order chi connectivity index (χ0) is 11.4. The quantitative estimate of drug-likeness (QED) is 0.711. The standard InChI is InChI=1S/C11H16FNO2/c1-7(14)6-13-8(2)10-5-9(12)3-4-11(10)15/h3-5,7-8,13-15H,6H2,1-2H3. The molecule has 2 unspecified atom stereocenters. The minimum Gasteiger partial charge on any atom is -0.508 e. The molecule has 15 heavy (non-hydrogen) atoms. The van der Waals surface area contributed by atoms with Gasteiger partial charge in [0.25, 0.3) is 0 Å². The van der Waals surface area contributed by atoms with Crippen molar-refractivity contribution >= 4 is 0 Å². The molecule has 1 aromatic rings. The lowest BCUT2D eigenvalue weighted by Crippen LogP contribution is -2.27. The van der Waals surface area contributed by atoms with E-state index in [9.17, 15) is 9.50 Å². The number of nitrogens with one attached hydrogen (secondary N) is 1. The van der Waals surface area contributed by atoms with E-state index in [0.717, 1.165) is 0 Å². The van der Waals surface area contributed by atoms with Crippen LogP contribution in [0.3, 0.4) is 0 Å². The predicted molar refractivity (Wildman–Crippen MR) is 56.2 cm³/mol. The van der Waals surface area contributed by atoms with E-state index in [2.05, 4.69) is 5.32 Å². The molecule has 0 spiro atoms. The number of benzene rings is 1. The van der Waals surface area contributed by atoms with E-state index in [1.54, 1.807) is 13.8 Å². The molecule has 0 fully saturated rings. The molecule has 0 aliphatic rings. The van der Waals surface area contributed by atoms with Crippen molar-refractivity contribution in [2.24, 2.45) is 0 Å². The molecule has 4 heteroatoms. The van der Waals surface area contributed by atoms with Crippen LogP contribution in [-0.4, -0.2) is 22.9 Å². The topological polar surface area (TPSA) is 52.5 Å². The van der Waals surface area contributed by atoms with E-state index < -0.39 is 6.10 Å². The monoisotopic (exact) mass is 213 g/mol. The van der Waals surface area contributed by atoms with Crippen molar-refractivity contribution in [2.75, 3.05) is 6.54 Å². The van der Waals surface area contributed by atoms with Gasteiger partial charge in [-0.15, -0.1) is 0 Å². The Morgan fingerprint density at radius 1 is 1.40 bits per heavy atom. The second-order valence-corrected chi connectivity index (χ2v) is 3.68. The number of halogens is 1. The summed E-state index contributed by atoms with van der Waals surface area (Å²) in [5.74, 6) is -0.324. The van der Waals surface area contributed by atoms with Crippen LogP contribution in [0.2, 0.25) is 0 Å². The highest BCUT2D eigenvalue weighted by Gasteiger charge is 2.11. The summed E-state index contributed by atoms with van der Waals surface area (Å²) < 4.78 is 12.9. The van der Waals surface area contributed by atoms with Crippen LogP contribution in [0.1, 0.15) is 25.5 Å². The predicted octanol–water partition coefficient (Wildman–Crippen LogP) is 1.56. The third-order valence-corrected chi connectivity index (χ3v) is 2.18. The first-order valence-corrected chi connectivity index (χ1v) is 4.90. The zero-order valence-corrected chi connectivity index (χ0v) is 8.87. The Balaban J connectivity index is 2.72. The van der Waals surface area contributed by atoms with Gasteiger partial charge in [-0.25, -0.2) is 4.39 Å². The van der Waals surface area contributed by atoms with Gasteiger partial charge in [0.1, 0.15) is 11.6 Å². The van der Waals surface area contributed by atoms with Crippen molar-refractivity contribution in [2.45, 2.75) is 26.0 Å². The van der Waals surface area contributed by atoms with E-state index in [-0.39, 0.29) is 17.6 Å². The molecule has 3 N–H and O–H groups in total. The van der Waals surface area contributed by atoms with E-state index in [1.165, 1.54) is 18.2 Å². The third-order valence-electron chi connectivity index (χ3n) is 2.18. The number of phenols is 1. The molecule has 0 radical (unpaired) electrons. The van der Waals surface area contributed by atoms with E-state index in [0.29, 0.717) is 12.1 Å². The summed E-state index contributed by atoms with van der Waals surface area (Å²) in [4.78, 5) is 0. The molecule has 0 heterocycles. The van der Waals surface area contributed by atoms with Gasteiger partial charge in [0.15, 0.2) is 0 Å². The molecule has 0 aliphatic heterocycles. The molecule has 3 nitrogen and oxygen atoms in total. The highest BCUT2D eigenvalue weighted by molar-refractivity contribution is 5.34. The largest absolute Gasteiger partial charge is 0.508 e. The Kier molecular flexibility index (Phi) is 4.05. The first-order chi connectivity index (χ1) is 7.00. The lowest BCUT2D eigenvalue weighted by Gasteiger charge is -2.16. The molecule has 1 aromatic carbocycles. The van der Waals surface area contributed by atoms with Gasteiger partial charge in [-0.2, -0.15) is 0 Å². The fraction of sp³-hybridized carbons (Fsp3) is 0.455. The SMILES string of the molecule is CC(O)CNC(C)c1cc(F)ccc1O. The van der Waals surface area contributed by atoms with Gasteiger partial charge in [0, 0.05) is 18.2 Å². The molecule has 0 bridgehead atoms. The van der Waals surface area contributed by atoms with Crippen molar-refractivity contribution < 1.29 is 14.6 Å². The fourth-order valence-corrected chi connectivity index (χ4v) is 1.33. The zero-order valence-electron chi connectivity index (χ0n) is 8.87. The normalized spacial score (nSPS) is 14.9. The van der Waals surface area contributed by atoms with Gasteiger partial charge >= 0.3 is 0 Å². The lowest BCUT2D eigenvalue weighted by atomic mass is 10.1. The average molecular weight is 213 g/mol. The van der Waals surface area contributed by atoms with Gasteiger partial charge < -0.3 is 15.5 Å². The van der Waals surface area contributed by atoms with Gasteiger partial charge in [-0.1, -0.05) is 0 Å².